The van der Waals surface area contributed by atoms with Crippen LogP contribution < -0.4 is 15.1 Å². The predicted molar refractivity (Wildman–Crippen MR) is 174 cm³/mol. The Morgan fingerprint density at radius 2 is 1.80 bits per heavy atom. The Hall–Kier alpha value is -4.56. The van der Waals surface area contributed by atoms with E-state index in [-0.39, 0.29) is 28.4 Å². The number of aliphatic imine (C=N–C) groups is 1. The van der Waals surface area contributed by atoms with Crippen molar-refractivity contribution in [2.75, 3.05) is 10.7 Å². The molecule has 0 aliphatic carbocycles. The van der Waals surface area contributed by atoms with Gasteiger partial charge in [0.05, 0.1) is 22.8 Å². The van der Waals surface area contributed by atoms with Gasteiger partial charge in [0.15, 0.2) is 11.0 Å². The summed E-state index contributed by atoms with van der Waals surface area (Å²) in [6.07, 6.45) is -3.28. The molecule has 0 spiro atoms. The van der Waals surface area contributed by atoms with Gasteiger partial charge in [-0.25, -0.2) is 9.67 Å². The summed E-state index contributed by atoms with van der Waals surface area (Å²) in [5, 5.41) is 9.43. The van der Waals surface area contributed by atoms with E-state index in [1.165, 1.54) is 47.0 Å². The fraction of sp³-hybridized carbons (Fsp3) is 0.226. The Balaban J connectivity index is 1.25. The number of amidine groups is 1. The fourth-order valence-corrected chi connectivity index (χ4v) is 5.56. The fourth-order valence-electron chi connectivity index (χ4n) is 4.51. The van der Waals surface area contributed by atoms with Gasteiger partial charge in [0.25, 0.3) is 0 Å². The molecule has 1 aliphatic heterocycles. The molecule has 45 heavy (non-hydrogen) atoms. The summed E-state index contributed by atoms with van der Waals surface area (Å²) in [5.41, 5.74) is 8.44. The number of carbonyl (C=O) groups is 1. The van der Waals surface area contributed by atoms with Gasteiger partial charge in [0.2, 0.25) is 11.0 Å². The highest BCUT2D eigenvalue weighted by atomic mass is 32.2. The number of thiocarbonyl (C=S) groups is 1. The molecule has 5 rings (SSSR count). The minimum Gasteiger partial charge on any atom is -0.406 e. The van der Waals surface area contributed by atoms with E-state index in [1.807, 2.05) is 56.3 Å². The van der Waals surface area contributed by atoms with Crippen molar-refractivity contribution in [1.29, 1.82) is 0 Å². The molecule has 1 aromatic heterocycles. The Morgan fingerprint density at radius 3 is 2.47 bits per heavy atom. The number of benzene rings is 3. The minimum atomic E-state index is -4.76. The van der Waals surface area contributed by atoms with Gasteiger partial charge in [0.1, 0.15) is 12.1 Å². The number of carbonyl (C=O) groups excluding carboxylic acids is 1. The molecule has 1 saturated heterocycles. The number of hydrogen-bond donors (Lipinski definition) is 1. The molecule has 1 N–H and O–H groups in total. The van der Waals surface area contributed by atoms with E-state index in [9.17, 15) is 18.0 Å². The number of aromatic nitrogens is 3. The largest absolute Gasteiger partial charge is 0.573 e. The molecule has 0 atom stereocenters. The van der Waals surface area contributed by atoms with E-state index in [2.05, 4.69) is 44.2 Å². The van der Waals surface area contributed by atoms with Gasteiger partial charge in [-0.15, -0.1) is 18.3 Å². The maximum atomic E-state index is 12.8. The van der Waals surface area contributed by atoms with Gasteiger partial charge in [-0.2, -0.15) is 10.1 Å². The van der Waals surface area contributed by atoms with Crippen molar-refractivity contribution < 1.29 is 22.7 Å². The van der Waals surface area contributed by atoms with Crippen molar-refractivity contribution in [1.82, 2.24) is 20.2 Å². The number of nitrogens with one attached hydrogen (secondary N) is 1. The van der Waals surface area contributed by atoms with Gasteiger partial charge in [-0.3, -0.25) is 15.1 Å². The number of halogens is 3. The Kier molecular flexibility index (Phi) is 9.34. The molecule has 0 radical (unpaired) electrons. The molecule has 0 unspecified atom stereocenters. The lowest BCUT2D eigenvalue weighted by Gasteiger charge is -2.22. The van der Waals surface area contributed by atoms with Gasteiger partial charge < -0.3 is 4.74 Å². The lowest BCUT2D eigenvalue weighted by molar-refractivity contribution is -0.274. The van der Waals surface area contributed by atoms with Crippen LogP contribution in [-0.4, -0.2) is 48.8 Å². The summed E-state index contributed by atoms with van der Waals surface area (Å²) in [6, 6.07) is 18.8. The van der Waals surface area contributed by atoms with Crippen LogP contribution in [0.2, 0.25) is 0 Å². The highest BCUT2D eigenvalue weighted by molar-refractivity contribution is 8.15. The third kappa shape index (κ3) is 7.75. The third-order valence-corrected chi connectivity index (χ3v) is 7.82. The molecule has 1 fully saturated rings. The van der Waals surface area contributed by atoms with Gasteiger partial charge >= 0.3 is 6.36 Å². The van der Waals surface area contributed by atoms with E-state index in [4.69, 9.17) is 12.2 Å². The van der Waals surface area contributed by atoms with Crippen LogP contribution in [0, 0.1) is 6.92 Å². The molecule has 0 saturated carbocycles. The number of hydrogen-bond acceptors (Lipinski definition) is 7. The summed E-state index contributed by atoms with van der Waals surface area (Å²) in [6.45, 7) is 7.97. The summed E-state index contributed by atoms with van der Waals surface area (Å²) in [4.78, 5) is 23.3. The van der Waals surface area contributed by atoms with Crippen LogP contribution in [0.1, 0.15) is 43.4 Å². The van der Waals surface area contributed by atoms with Crippen molar-refractivity contribution in [3.8, 4) is 22.8 Å². The van der Waals surface area contributed by atoms with E-state index in [0.717, 1.165) is 27.9 Å². The van der Waals surface area contributed by atoms with Crippen LogP contribution in [0.4, 0.5) is 18.9 Å². The standard InChI is InChI=1S/C31H28F3N7O2S2/c1-18(2)25-14-5-19(3)15-26(25)41-27(42)16-45-30(41)36-29(44)38-37-20(4)21-6-8-22(9-7-21)28-35-17-40(39-28)23-10-12-24(13-11-23)43-31(32,33)34/h5-15,17-18H,16H2,1-4H3,(H,38,44)/b36-30?,37-20+. The number of ether oxygens (including phenoxy) is 1. The van der Waals surface area contributed by atoms with Crippen molar-refractivity contribution in [2.24, 2.45) is 10.1 Å². The second kappa shape index (κ2) is 13.2. The second-order valence-electron chi connectivity index (χ2n) is 10.4. The Bertz CT molecular complexity index is 1780. The van der Waals surface area contributed by atoms with Gasteiger partial charge in [-0.05, 0) is 79.0 Å². The summed E-state index contributed by atoms with van der Waals surface area (Å²) < 4.78 is 42.6. The summed E-state index contributed by atoms with van der Waals surface area (Å²) in [7, 11) is 0. The first-order chi connectivity index (χ1) is 21.4. The lowest BCUT2D eigenvalue weighted by atomic mass is 9.99. The molecular formula is C31H28F3N7O2S2. The van der Waals surface area contributed by atoms with Crippen LogP contribution in [-0.2, 0) is 4.79 Å². The molecule has 2 heterocycles. The third-order valence-electron chi connectivity index (χ3n) is 6.72. The van der Waals surface area contributed by atoms with E-state index in [0.29, 0.717) is 22.4 Å². The molecule has 232 valence electrons. The molecule has 4 aromatic rings. The number of thioether (sulfide) groups is 1. The van der Waals surface area contributed by atoms with Crippen molar-refractivity contribution in [3.05, 3.63) is 89.7 Å². The maximum absolute atomic E-state index is 12.8. The second-order valence-corrected chi connectivity index (χ2v) is 11.7. The summed E-state index contributed by atoms with van der Waals surface area (Å²) >= 11 is 6.77. The quantitative estimate of drug-likeness (QED) is 0.131. The highest BCUT2D eigenvalue weighted by Crippen LogP contribution is 2.34. The molecular weight excluding hydrogens is 624 g/mol. The topological polar surface area (TPSA) is 97.0 Å². The Labute approximate surface area is 267 Å². The molecule has 9 nitrogen and oxygen atoms in total. The number of rotatable bonds is 7. The van der Waals surface area contributed by atoms with Gasteiger partial charge in [-0.1, -0.05) is 62.0 Å². The van der Waals surface area contributed by atoms with Crippen LogP contribution >= 0.6 is 24.0 Å². The average molecular weight is 652 g/mol. The average Bonchev–Trinajstić information content (AvgIpc) is 3.62. The Morgan fingerprint density at radius 1 is 1.09 bits per heavy atom. The normalized spacial score (nSPS) is 14.8. The number of anilines is 1. The van der Waals surface area contributed by atoms with Crippen LogP contribution in [0.15, 0.2) is 83.2 Å². The van der Waals surface area contributed by atoms with Crippen LogP contribution in [0.5, 0.6) is 5.75 Å². The first-order valence-corrected chi connectivity index (χ1v) is 15.2. The first-order valence-electron chi connectivity index (χ1n) is 13.8. The number of hydrazone groups is 1. The number of aryl methyl sites for hydroxylation is 1. The molecule has 0 bridgehead atoms. The number of amides is 1. The smallest absolute Gasteiger partial charge is 0.406 e. The van der Waals surface area contributed by atoms with Crippen molar-refractivity contribution in [2.45, 2.75) is 40.0 Å². The highest BCUT2D eigenvalue weighted by Gasteiger charge is 2.32. The minimum absolute atomic E-state index is 0.0541. The summed E-state index contributed by atoms with van der Waals surface area (Å²) in [5.74, 6) is 0.556. The number of nitrogens with zero attached hydrogens (tertiary/aromatic N) is 6. The zero-order chi connectivity index (χ0) is 32.3. The van der Waals surface area contributed by atoms with E-state index >= 15 is 0 Å². The SMILES string of the molecule is C/C(=N\NC(=S)N=C1SCC(=O)N1c1cc(C)ccc1C(C)C)c1ccc(-c2ncn(-c3ccc(OC(F)(F)F)cc3)n2)cc1. The van der Waals surface area contributed by atoms with Crippen molar-refractivity contribution >= 4 is 51.6 Å². The number of alkyl halides is 3. The van der Waals surface area contributed by atoms with Gasteiger partial charge in [0, 0.05) is 5.56 Å². The van der Waals surface area contributed by atoms with Crippen LogP contribution in [0.3, 0.4) is 0 Å². The van der Waals surface area contributed by atoms with Crippen molar-refractivity contribution in [3.63, 3.8) is 0 Å². The molecule has 14 heteroatoms. The molecule has 1 aliphatic rings. The zero-order valence-corrected chi connectivity index (χ0v) is 26.3. The van der Waals surface area contributed by atoms with Crippen LogP contribution in [0.25, 0.3) is 17.1 Å². The zero-order valence-electron chi connectivity index (χ0n) is 24.7. The predicted octanol–water partition coefficient (Wildman–Crippen LogP) is 7.00. The molecule has 3 aromatic carbocycles. The maximum Gasteiger partial charge on any atom is 0.573 e. The van der Waals surface area contributed by atoms with E-state index < -0.39 is 6.36 Å². The van der Waals surface area contributed by atoms with E-state index in [1.54, 1.807) is 4.90 Å². The molecule has 1 amide bonds. The monoisotopic (exact) mass is 651 g/mol. The first kappa shape index (κ1) is 31.9. The lowest BCUT2D eigenvalue weighted by Crippen LogP contribution is -2.31.